The Morgan fingerprint density at radius 3 is 2.83 bits per heavy atom. The molecule has 2 unspecified atom stereocenters. The van der Waals surface area contributed by atoms with Crippen LogP contribution >= 0.6 is 0 Å². The summed E-state index contributed by atoms with van der Waals surface area (Å²) in [6, 6.07) is 9.36. The quantitative estimate of drug-likeness (QED) is 0.356. The first-order chi connectivity index (χ1) is 17.1. The second-order valence-electron chi connectivity index (χ2n) is 8.58. The van der Waals surface area contributed by atoms with E-state index < -0.39 is 23.5 Å². The van der Waals surface area contributed by atoms with Gasteiger partial charge in [-0.1, -0.05) is 5.16 Å². The highest BCUT2D eigenvalue weighted by Crippen LogP contribution is 2.27. The number of amides is 2. The maximum Gasteiger partial charge on any atom is 0.260 e. The topological polar surface area (TPSA) is 171 Å². The molecule has 3 aromatic heterocycles. The lowest BCUT2D eigenvalue weighted by molar-refractivity contribution is -0.165. The number of nitrogens with zero attached hydrogens (tertiary/aromatic N) is 5. The largest absolute Gasteiger partial charge is 0.380 e. The van der Waals surface area contributed by atoms with E-state index in [2.05, 4.69) is 15.6 Å². The molecule has 1 aliphatic heterocycles. The molecule has 4 aromatic rings. The van der Waals surface area contributed by atoms with Gasteiger partial charge in [-0.25, -0.2) is 4.68 Å². The third-order valence-electron chi connectivity index (χ3n) is 6.00. The number of benzene rings is 1. The number of carbonyl (C=O) groups is 2. The van der Waals surface area contributed by atoms with Crippen LogP contribution in [0.15, 0.2) is 58.1 Å². The maximum absolute atomic E-state index is 13.3. The smallest absolute Gasteiger partial charge is 0.260 e. The van der Waals surface area contributed by atoms with Crippen molar-refractivity contribution in [3.05, 3.63) is 59.1 Å². The molecule has 0 radical (unpaired) electrons. The fraction of sp³-hybridized carbons (Fsp3) is 0.261. The number of nitrogens with one attached hydrogen (secondary N) is 1. The fourth-order valence-electron chi connectivity index (χ4n) is 3.94. The van der Waals surface area contributed by atoms with Crippen molar-refractivity contribution in [2.75, 3.05) is 29.1 Å². The van der Waals surface area contributed by atoms with Gasteiger partial charge in [0.25, 0.3) is 11.8 Å². The molecule has 1 saturated heterocycles. The van der Waals surface area contributed by atoms with Crippen molar-refractivity contribution in [2.45, 2.75) is 18.6 Å². The number of aromatic nitrogens is 4. The summed E-state index contributed by atoms with van der Waals surface area (Å²) in [6.45, 7) is 1.47. The summed E-state index contributed by atoms with van der Waals surface area (Å²) in [5.41, 5.74) is 4.64. The van der Waals surface area contributed by atoms with Crippen LogP contribution in [0.25, 0.3) is 16.7 Å². The van der Waals surface area contributed by atoms with Gasteiger partial charge in [0.1, 0.15) is 0 Å². The average molecular weight is 493 g/mol. The maximum atomic E-state index is 13.3. The number of anilines is 3. The third-order valence-corrected chi connectivity index (χ3v) is 6.00. The minimum atomic E-state index is -2.20. The molecule has 0 bridgehead atoms. The highest BCUT2D eigenvalue weighted by molar-refractivity contribution is 6.06. The first-order valence-corrected chi connectivity index (χ1v) is 11.0. The van der Waals surface area contributed by atoms with E-state index >= 15 is 0 Å². The zero-order valence-corrected chi connectivity index (χ0v) is 19.4. The molecule has 1 aliphatic rings. The summed E-state index contributed by atoms with van der Waals surface area (Å²) in [4.78, 5) is 39.3. The average Bonchev–Trinajstić information content (AvgIpc) is 3.48. The van der Waals surface area contributed by atoms with Crippen LogP contribution in [-0.4, -0.2) is 61.3 Å². The Kier molecular flexibility index (Phi) is 5.57. The molecule has 186 valence electrons. The first-order valence-electron chi connectivity index (χ1n) is 11.0. The lowest BCUT2D eigenvalue weighted by atomic mass is 9.95. The van der Waals surface area contributed by atoms with Gasteiger partial charge >= 0.3 is 0 Å². The molecule has 2 atom stereocenters. The normalized spacial score (nSPS) is 17.8. The summed E-state index contributed by atoms with van der Waals surface area (Å²) in [5.74, 6) is -0.933. The SMILES string of the molecule is Cn1cc(-n2ccc(N3CCOC(C(C)(O)C(=O)Nc4ccc5c(N)noc5c4)C3=O)n2)ccc1=O. The standard InChI is InChI=1S/C23H23N7O6/c1-23(34,22(33)25-13-3-5-15-16(11-13)36-27-20(15)24)19-21(32)29(9-10-35-19)17-7-8-30(26-17)14-4-6-18(31)28(2)12-14/h3-8,11-12,19,34H,9-10H2,1-2H3,(H2,24,27)(H,25,33). The monoisotopic (exact) mass is 493 g/mol. The van der Waals surface area contributed by atoms with Gasteiger partial charge in [0.2, 0.25) is 5.56 Å². The number of nitrogens with two attached hydrogens (primary N) is 1. The Balaban J connectivity index is 1.34. The Morgan fingerprint density at radius 1 is 1.25 bits per heavy atom. The van der Waals surface area contributed by atoms with Crippen molar-refractivity contribution in [3.8, 4) is 5.69 Å². The molecular weight excluding hydrogens is 470 g/mol. The van der Waals surface area contributed by atoms with Crippen LogP contribution in [0.2, 0.25) is 0 Å². The van der Waals surface area contributed by atoms with Crippen LogP contribution < -0.4 is 21.5 Å². The van der Waals surface area contributed by atoms with Crippen molar-refractivity contribution in [3.63, 3.8) is 0 Å². The molecule has 0 spiro atoms. The molecule has 0 saturated carbocycles. The van der Waals surface area contributed by atoms with E-state index in [1.165, 1.54) is 33.2 Å². The van der Waals surface area contributed by atoms with E-state index in [0.29, 0.717) is 28.2 Å². The van der Waals surface area contributed by atoms with E-state index in [4.69, 9.17) is 15.0 Å². The molecule has 0 aliphatic carbocycles. The molecule has 1 aromatic carbocycles. The van der Waals surface area contributed by atoms with Crippen LogP contribution in [0.3, 0.4) is 0 Å². The van der Waals surface area contributed by atoms with E-state index in [9.17, 15) is 19.5 Å². The van der Waals surface area contributed by atoms with Gasteiger partial charge in [0, 0.05) is 43.3 Å². The predicted octanol–water partition coefficient (Wildman–Crippen LogP) is 0.416. The minimum Gasteiger partial charge on any atom is -0.380 e. The number of carbonyl (C=O) groups excluding carboxylic acids is 2. The molecule has 1 fully saturated rings. The number of hydrogen-bond donors (Lipinski definition) is 3. The molecule has 4 heterocycles. The van der Waals surface area contributed by atoms with Gasteiger partial charge in [-0.3, -0.25) is 19.3 Å². The summed E-state index contributed by atoms with van der Waals surface area (Å²) in [7, 11) is 1.62. The molecule has 13 heteroatoms. The van der Waals surface area contributed by atoms with Crippen LogP contribution in [0, 0.1) is 0 Å². The summed E-state index contributed by atoms with van der Waals surface area (Å²) in [5, 5.41) is 22.3. The summed E-state index contributed by atoms with van der Waals surface area (Å²) < 4.78 is 13.6. The molecule has 5 rings (SSSR count). The van der Waals surface area contributed by atoms with Crippen LogP contribution in [-0.2, 0) is 21.4 Å². The second kappa shape index (κ2) is 8.62. The van der Waals surface area contributed by atoms with Gasteiger partial charge in [-0.15, -0.1) is 5.10 Å². The number of hydrogen-bond acceptors (Lipinski definition) is 9. The Hall–Kier alpha value is -4.49. The van der Waals surface area contributed by atoms with E-state index in [1.807, 2.05) is 0 Å². The third kappa shape index (κ3) is 3.99. The highest BCUT2D eigenvalue weighted by atomic mass is 16.5. The van der Waals surface area contributed by atoms with Gasteiger partial charge in [0.05, 0.1) is 24.2 Å². The number of morpholine rings is 1. The number of nitrogen functional groups attached to an aromatic ring is 1. The van der Waals surface area contributed by atoms with E-state index in [-0.39, 0.29) is 24.5 Å². The van der Waals surface area contributed by atoms with E-state index in [1.54, 1.807) is 43.7 Å². The number of aryl methyl sites for hydroxylation is 1. The fourth-order valence-corrected chi connectivity index (χ4v) is 3.94. The number of rotatable bonds is 5. The van der Waals surface area contributed by atoms with Crippen LogP contribution in [0.1, 0.15) is 6.92 Å². The molecular formula is C23H23N7O6. The van der Waals surface area contributed by atoms with Crippen molar-refractivity contribution >= 4 is 40.1 Å². The lowest BCUT2D eigenvalue weighted by Gasteiger charge is -2.37. The molecule has 36 heavy (non-hydrogen) atoms. The minimum absolute atomic E-state index is 0.0792. The number of aliphatic hydroxyl groups is 1. The Bertz CT molecular complexity index is 1540. The molecule has 2 amide bonds. The molecule has 4 N–H and O–H groups in total. The van der Waals surface area contributed by atoms with Crippen LogP contribution in [0.5, 0.6) is 0 Å². The van der Waals surface area contributed by atoms with Crippen molar-refractivity contribution < 1.29 is 24.0 Å². The number of pyridine rings is 1. The summed E-state index contributed by atoms with van der Waals surface area (Å²) in [6.07, 6.45) is 1.78. The van der Waals surface area contributed by atoms with E-state index in [0.717, 1.165) is 0 Å². The van der Waals surface area contributed by atoms with Gasteiger partial charge in [-0.05, 0) is 25.1 Å². The Labute approximate surface area is 203 Å². The second-order valence-corrected chi connectivity index (χ2v) is 8.58. The number of ether oxygens (including phenoxy) is 1. The zero-order valence-electron chi connectivity index (χ0n) is 19.4. The Morgan fingerprint density at radius 2 is 2.06 bits per heavy atom. The van der Waals surface area contributed by atoms with Gasteiger partial charge in [-0.2, -0.15) is 0 Å². The molecule has 13 nitrogen and oxygen atoms in total. The highest BCUT2D eigenvalue weighted by Gasteiger charge is 2.48. The zero-order chi connectivity index (χ0) is 25.6. The van der Waals surface area contributed by atoms with Gasteiger partial charge < -0.3 is 30.0 Å². The summed E-state index contributed by atoms with van der Waals surface area (Å²) >= 11 is 0. The lowest BCUT2D eigenvalue weighted by Crippen LogP contribution is -2.61. The van der Waals surface area contributed by atoms with Crippen molar-refractivity contribution in [2.24, 2.45) is 7.05 Å². The predicted molar refractivity (Wildman–Crippen MR) is 129 cm³/mol. The number of fused-ring (bicyclic) bond motifs is 1. The van der Waals surface area contributed by atoms with Crippen LogP contribution in [0.4, 0.5) is 17.3 Å². The van der Waals surface area contributed by atoms with Crippen molar-refractivity contribution in [1.29, 1.82) is 0 Å². The van der Waals surface area contributed by atoms with Crippen molar-refractivity contribution in [1.82, 2.24) is 19.5 Å². The van der Waals surface area contributed by atoms with Gasteiger partial charge in [0.15, 0.2) is 28.9 Å². The first kappa shape index (κ1) is 23.3.